The predicted octanol–water partition coefficient (Wildman–Crippen LogP) is 2.81. The van der Waals surface area contributed by atoms with Crippen LogP contribution in [-0.2, 0) is 17.8 Å². The first-order valence-corrected chi connectivity index (χ1v) is 11.8. The standard InChI is InChI=1S/C24H27ClN6O3/c1-33-17-3-4-20-19(12-17)18(23(25)30-29-20)8-11-31-9-6-15(7-10-31)26-13-16-2-5-21-24(27-16)28-22(32)14-34-21/h2-5,12,15,26H,6-11,13-14H2,1H3,(H,27,28,32). The molecule has 0 atom stereocenters. The number of amides is 1. The first kappa shape index (κ1) is 22.8. The van der Waals surface area contributed by atoms with Gasteiger partial charge in [0, 0.05) is 30.1 Å². The number of pyridine rings is 1. The van der Waals surface area contributed by atoms with E-state index in [2.05, 4.69) is 30.7 Å². The summed E-state index contributed by atoms with van der Waals surface area (Å²) in [6.45, 7) is 3.63. The zero-order valence-corrected chi connectivity index (χ0v) is 19.8. The molecule has 2 aliphatic heterocycles. The highest BCUT2D eigenvalue weighted by Gasteiger charge is 2.21. The number of rotatable bonds is 7. The Hall–Kier alpha value is -3.01. The molecule has 2 N–H and O–H groups in total. The molecule has 1 aromatic carbocycles. The predicted molar refractivity (Wildman–Crippen MR) is 129 cm³/mol. The number of aromatic nitrogens is 3. The van der Waals surface area contributed by atoms with E-state index in [0.717, 1.165) is 66.8 Å². The molecule has 10 heteroatoms. The first-order chi connectivity index (χ1) is 16.6. The summed E-state index contributed by atoms with van der Waals surface area (Å²) in [5, 5.41) is 16.1. The van der Waals surface area contributed by atoms with E-state index in [-0.39, 0.29) is 12.5 Å². The molecule has 0 spiro atoms. The second-order valence-corrected chi connectivity index (χ2v) is 8.94. The van der Waals surface area contributed by atoms with Gasteiger partial charge in [0.1, 0.15) is 5.75 Å². The average molecular weight is 483 g/mol. The summed E-state index contributed by atoms with van der Waals surface area (Å²) in [4.78, 5) is 18.5. The van der Waals surface area contributed by atoms with Gasteiger partial charge in [-0.2, -0.15) is 0 Å². The SMILES string of the molecule is COc1ccc2nnc(Cl)c(CCN3CCC(NCc4ccc5c(n4)NC(=O)CO5)CC3)c2c1. The van der Waals surface area contributed by atoms with E-state index in [9.17, 15) is 4.79 Å². The van der Waals surface area contributed by atoms with Gasteiger partial charge in [0.05, 0.1) is 18.3 Å². The summed E-state index contributed by atoms with van der Waals surface area (Å²) >= 11 is 6.41. The maximum atomic E-state index is 11.5. The Labute approximate surface area is 202 Å². The van der Waals surface area contributed by atoms with E-state index in [4.69, 9.17) is 21.1 Å². The third kappa shape index (κ3) is 5.06. The number of nitrogens with zero attached hydrogens (tertiary/aromatic N) is 4. The van der Waals surface area contributed by atoms with E-state index in [0.29, 0.717) is 29.3 Å². The van der Waals surface area contributed by atoms with Crippen LogP contribution in [0.2, 0.25) is 5.15 Å². The molecule has 0 saturated carbocycles. The highest BCUT2D eigenvalue weighted by molar-refractivity contribution is 6.30. The normalized spacial score (nSPS) is 16.7. The van der Waals surface area contributed by atoms with Crippen molar-refractivity contribution in [2.24, 2.45) is 0 Å². The van der Waals surface area contributed by atoms with E-state index in [1.54, 1.807) is 7.11 Å². The number of hydrogen-bond acceptors (Lipinski definition) is 8. The summed E-state index contributed by atoms with van der Waals surface area (Å²) in [5.41, 5.74) is 2.72. The third-order valence-electron chi connectivity index (χ3n) is 6.39. The van der Waals surface area contributed by atoms with E-state index in [1.807, 2.05) is 30.3 Å². The lowest BCUT2D eigenvalue weighted by atomic mass is 10.0. The number of nitrogens with one attached hydrogen (secondary N) is 2. The van der Waals surface area contributed by atoms with Crippen molar-refractivity contribution < 1.29 is 14.3 Å². The van der Waals surface area contributed by atoms with Gasteiger partial charge in [0.15, 0.2) is 23.3 Å². The molecule has 3 aromatic rings. The minimum atomic E-state index is -0.173. The van der Waals surface area contributed by atoms with E-state index >= 15 is 0 Å². The van der Waals surface area contributed by atoms with Crippen molar-refractivity contribution in [3.05, 3.63) is 46.7 Å². The lowest BCUT2D eigenvalue weighted by Gasteiger charge is -2.32. The fraction of sp³-hybridized carbons (Fsp3) is 0.417. The Morgan fingerprint density at radius 2 is 2.09 bits per heavy atom. The first-order valence-electron chi connectivity index (χ1n) is 11.5. The molecule has 5 rings (SSSR count). The van der Waals surface area contributed by atoms with Gasteiger partial charge in [-0.1, -0.05) is 11.6 Å². The average Bonchev–Trinajstić information content (AvgIpc) is 2.87. The molecule has 0 unspecified atom stereocenters. The van der Waals surface area contributed by atoms with Gasteiger partial charge in [0.2, 0.25) is 0 Å². The molecule has 2 aliphatic rings. The zero-order valence-electron chi connectivity index (χ0n) is 19.0. The molecule has 178 valence electrons. The number of ether oxygens (including phenoxy) is 2. The number of halogens is 1. The Balaban J connectivity index is 1.13. The number of benzene rings is 1. The van der Waals surface area contributed by atoms with Crippen molar-refractivity contribution in [3.8, 4) is 11.5 Å². The van der Waals surface area contributed by atoms with Gasteiger partial charge in [0.25, 0.3) is 5.91 Å². The Bertz CT molecular complexity index is 1200. The highest BCUT2D eigenvalue weighted by Crippen LogP contribution is 2.27. The van der Waals surface area contributed by atoms with Crippen LogP contribution in [0.4, 0.5) is 5.82 Å². The second-order valence-electron chi connectivity index (χ2n) is 8.59. The van der Waals surface area contributed by atoms with Crippen LogP contribution < -0.4 is 20.1 Å². The molecule has 0 radical (unpaired) electrons. The summed E-state index contributed by atoms with van der Waals surface area (Å²) in [6, 6.07) is 10.0. The summed E-state index contributed by atoms with van der Waals surface area (Å²) in [7, 11) is 1.66. The molecule has 1 fully saturated rings. The molecule has 1 saturated heterocycles. The fourth-order valence-electron chi connectivity index (χ4n) is 4.46. The Morgan fingerprint density at radius 3 is 2.91 bits per heavy atom. The maximum Gasteiger partial charge on any atom is 0.263 e. The zero-order chi connectivity index (χ0) is 23.5. The van der Waals surface area contributed by atoms with Crippen molar-refractivity contribution in [3.63, 3.8) is 0 Å². The topological polar surface area (TPSA) is 102 Å². The molecule has 0 bridgehead atoms. The van der Waals surface area contributed by atoms with Crippen LogP contribution in [0.15, 0.2) is 30.3 Å². The minimum absolute atomic E-state index is 0.0408. The number of carbonyl (C=O) groups excluding carboxylic acids is 1. The van der Waals surface area contributed by atoms with Crippen molar-refractivity contribution in [1.29, 1.82) is 0 Å². The molecule has 34 heavy (non-hydrogen) atoms. The van der Waals surface area contributed by atoms with Gasteiger partial charge in [-0.15, -0.1) is 10.2 Å². The van der Waals surface area contributed by atoms with Gasteiger partial charge in [-0.3, -0.25) is 4.79 Å². The quantitative estimate of drug-likeness (QED) is 0.530. The number of fused-ring (bicyclic) bond motifs is 2. The van der Waals surface area contributed by atoms with Crippen molar-refractivity contribution >= 4 is 34.2 Å². The number of anilines is 1. The summed E-state index contributed by atoms with van der Waals surface area (Å²) < 4.78 is 10.7. The van der Waals surface area contributed by atoms with Crippen LogP contribution >= 0.6 is 11.6 Å². The fourth-order valence-corrected chi connectivity index (χ4v) is 4.69. The number of carbonyl (C=O) groups is 1. The number of likely N-dealkylation sites (tertiary alicyclic amines) is 1. The Morgan fingerprint density at radius 1 is 1.24 bits per heavy atom. The van der Waals surface area contributed by atoms with Crippen molar-refractivity contribution in [1.82, 2.24) is 25.4 Å². The summed E-state index contributed by atoms with van der Waals surface area (Å²) in [6.07, 6.45) is 2.92. The van der Waals surface area contributed by atoms with Crippen molar-refractivity contribution in [2.75, 3.05) is 38.7 Å². The smallest absolute Gasteiger partial charge is 0.263 e. The Kier molecular flexibility index (Phi) is 6.75. The molecule has 9 nitrogen and oxygen atoms in total. The van der Waals surface area contributed by atoms with Crippen molar-refractivity contribution in [2.45, 2.75) is 31.8 Å². The monoisotopic (exact) mass is 482 g/mol. The molecule has 0 aliphatic carbocycles. The lowest BCUT2D eigenvalue weighted by Crippen LogP contribution is -2.43. The third-order valence-corrected chi connectivity index (χ3v) is 6.70. The molecule has 2 aromatic heterocycles. The summed E-state index contributed by atoms with van der Waals surface area (Å²) in [5.74, 6) is 1.73. The minimum Gasteiger partial charge on any atom is -0.497 e. The highest BCUT2D eigenvalue weighted by atomic mass is 35.5. The molecule has 1 amide bonds. The number of hydrogen-bond donors (Lipinski definition) is 2. The maximum absolute atomic E-state index is 11.5. The largest absolute Gasteiger partial charge is 0.497 e. The van der Waals surface area contributed by atoms with Crippen LogP contribution in [0.5, 0.6) is 11.5 Å². The van der Waals surface area contributed by atoms with Gasteiger partial charge < -0.3 is 25.0 Å². The van der Waals surface area contributed by atoms with E-state index in [1.165, 1.54) is 0 Å². The number of piperidine rings is 1. The van der Waals surface area contributed by atoms with Gasteiger partial charge in [-0.05, 0) is 62.7 Å². The van der Waals surface area contributed by atoms with Crippen LogP contribution in [0.3, 0.4) is 0 Å². The molecular weight excluding hydrogens is 456 g/mol. The van der Waals surface area contributed by atoms with Gasteiger partial charge in [-0.25, -0.2) is 4.98 Å². The lowest BCUT2D eigenvalue weighted by molar-refractivity contribution is -0.118. The second kappa shape index (κ2) is 10.1. The van der Waals surface area contributed by atoms with E-state index < -0.39 is 0 Å². The molecule has 4 heterocycles. The van der Waals surface area contributed by atoms with Crippen LogP contribution in [0, 0.1) is 0 Å². The number of methoxy groups -OCH3 is 1. The van der Waals surface area contributed by atoms with Crippen LogP contribution in [0.25, 0.3) is 10.9 Å². The van der Waals surface area contributed by atoms with Gasteiger partial charge >= 0.3 is 0 Å². The van der Waals surface area contributed by atoms with Crippen LogP contribution in [0.1, 0.15) is 24.1 Å². The molecular formula is C24H27ClN6O3. The van der Waals surface area contributed by atoms with Crippen LogP contribution in [-0.4, -0.2) is 65.4 Å².